The molecule has 0 aliphatic rings. The van der Waals surface area contributed by atoms with Gasteiger partial charge in [-0.15, -0.1) is 0 Å². The standard InChI is InChI=1S/C15H23N5O/c1-15(2,8-9-21-3)10-17-13-11-6-4-5-7-12(11)18-14(19-13)20-16/h4-7H,8-10,16H2,1-3H3,(H2,17,18,19,20). The third-order valence-corrected chi connectivity index (χ3v) is 3.45. The summed E-state index contributed by atoms with van der Waals surface area (Å²) in [5, 5.41) is 4.39. The highest BCUT2D eigenvalue weighted by Gasteiger charge is 2.18. The van der Waals surface area contributed by atoms with Gasteiger partial charge in [-0.05, 0) is 24.0 Å². The van der Waals surface area contributed by atoms with Crippen LogP contribution in [-0.2, 0) is 4.74 Å². The maximum absolute atomic E-state index is 5.44. The molecule has 0 saturated carbocycles. The van der Waals surface area contributed by atoms with Crippen molar-refractivity contribution in [3.8, 4) is 0 Å². The number of hydrazine groups is 1. The van der Waals surface area contributed by atoms with E-state index in [2.05, 4.69) is 34.6 Å². The molecule has 0 fully saturated rings. The van der Waals surface area contributed by atoms with Gasteiger partial charge < -0.3 is 10.1 Å². The fourth-order valence-electron chi connectivity index (χ4n) is 2.07. The Morgan fingerprint density at radius 2 is 2.00 bits per heavy atom. The number of hydrogen-bond acceptors (Lipinski definition) is 6. The third kappa shape index (κ3) is 4.03. The first kappa shape index (κ1) is 15.5. The van der Waals surface area contributed by atoms with E-state index in [4.69, 9.17) is 10.6 Å². The van der Waals surface area contributed by atoms with Crippen molar-refractivity contribution in [1.29, 1.82) is 0 Å². The first-order valence-electron chi connectivity index (χ1n) is 7.02. The summed E-state index contributed by atoms with van der Waals surface area (Å²) in [6, 6.07) is 7.86. The fourth-order valence-corrected chi connectivity index (χ4v) is 2.07. The summed E-state index contributed by atoms with van der Waals surface area (Å²) in [4.78, 5) is 8.75. The highest BCUT2D eigenvalue weighted by atomic mass is 16.5. The monoisotopic (exact) mass is 289 g/mol. The summed E-state index contributed by atoms with van der Waals surface area (Å²) in [5.74, 6) is 6.64. The molecule has 0 unspecified atom stereocenters. The largest absolute Gasteiger partial charge is 0.385 e. The minimum atomic E-state index is 0.109. The van der Waals surface area contributed by atoms with Crippen LogP contribution in [0.15, 0.2) is 24.3 Å². The maximum Gasteiger partial charge on any atom is 0.239 e. The number of anilines is 2. The molecule has 0 atom stereocenters. The van der Waals surface area contributed by atoms with Crippen LogP contribution in [0.3, 0.4) is 0 Å². The number of benzene rings is 1. The number of fused-ring (bicyclic) bond motifs is 1. The predicted molar refractivity (Wildman–Crippen MR) is 86.1 cm³/mol. The van der Waals surface area contributed by atoms with E-state index in [0.29, 0.717) is 5.95 Å². The second-order valence-corrected chi connectivity index (χ2v) is 5.82. The van der Waals surface area contributed by atoms with Gasteiger partial charge in [0.2, 0.25) is 5.95 Å². The first-order chi connectivity index (χ1) is 10.1. The molecule has 0 bridgehead atoms. The van der Waals surface area contributed by atoms with Gasteiger partial charge in [0.05, 0.1) is 5.52 Å². The number of nitrogens with zero attached hydrogens (tertiary/aromatic N) is 2. The Morgan fingerprint density at radius 3 is 2.71 bits per heavy atom. The molecule has 0 amide bonds. The molecular weight excluding hydrogens is 266 g/mol. The van der Waals surface area contributed by atoms with E-state index in [1.54, 1.807) is 7.11 Å². The van der Waals surface area contributed by atoms with Gasteiger partial charge in [-0.25, -0.2) is 10.8 Å². The zero-order chi connectivity index (χ0) is 15.3. The lowest BCUT2D eigenvalue weighted by Crippen LogP contribution is -2.25. The second-order valence-electron chi connectivity index (χ2n) is 5.82. The molecule has 0 saturated heterocycles. The lowest BCUT2D eigenvalue weighted by Gasteiger charge is -2.25. The van der Waals surface area contributed by atoms with Gasteiger partial charge >= 0.3 is 0 Å². The van der Waals surface area contributed by atoms with Crippen molar-refractivity contribution in [3.63, 3.8) is 0 Å². The number of nitrogens with one attached hydrogen (secondary N) is 2. The van der Waals surface area contributed by atoms with Crippen LogP contribution in [0.1, 0.15) is 20.3 Å². The van der Waals surface area contributed by atoms with Crippen LogP contribution in [0.2, 0.25) is 0 Å². The predicted octanol–water partition coefficient (Wildman–Crippen LogP) is 2.39. The SMILES string of the molecule is COCCC(C)(C)CNc1nc(NN)nc2ccccc12. The van der Waals surface area contributed by atoms with Crippen LogP contribution in [-0.4, -0.2) is 30.2 Å². The van der Waals surface area contributed by atoms with Gasteiger partial charge in [0.25, 0.3) is 0 Å². The molecule has 0 aliphatic carbocycles. The van der Waals surface area contributed by atoms with Crippen molar-refractivity contribution in [1.82, 2.24) is 9.97 Å². The summed E-state index contributed by atoms with van der Waals surface area (Å²) in [7, 11) is 1.72. The molecule has 0 aliphatic heterocycles. The van der Waals surface area contributed by atoms with Crippen LogP contribution in [0.5, 0.6) is 0 Å². The number of rotatable bonds is 7. The maximum atomic E-state index is 5.44. The zero-order valence-electron chi connectivity index (χ0n) is 12.8. The van der Waals surface area contributed by atoms with E-state index in [-0.39, 0.29) is 5.41 Å². The van der Waals surface area contributed by atoms with Crippen molar-refractivity contribution >= 4 is 22.7 Å². The van der Waals surface area contributed by atoms with E-state index in [0.717, 1.165) is 36.3 Å². The molecule has 21 heavy (non-hydrogen) atoms. The van der Waals surface area contributed by atoms with E-state index in [9.17, 15) is 0 Å². The highest BCUT2D eigenvalue weighted by Crippen LogP contribution is 2.25. The van der Waals surface area contributed by atoms with Crippen LogP contribution >= 0.6 is 0 Å². The quantitative estimate of drug-likeness (QED) is 0.536. The molecule has 2 aromatic rings. The van der Waals surface area contributed by atoms with Crippen molar-refractivity contribution in [2.24, 2.45) is 11.3 Å². The Morgan fingerprint density at radius 1 is 1.24 bits per heavy atom. The minimum Gasteiger partial charge on any atom is -0.385 e. The Hall–Kier alpha value is -1.92. The number of methoxy groups -OCH3 is 1. The van der Waals surface area contributed by atoms with Gasteiger partial charge in [0.1, 0.15) is 5.82 Å². The summed E-state index contributed by atoms with van der Waals surface area (Å²) >= 11 is 0. The molecule has 1 aromatic heterocycles. The molecule has 1 heterocycles. The average Bonchev–Trinajstić information content (AvgIpc) is 2.50. The summed E-state index contributed by atoms with van der Waals surface area (Å²) < 4.78 is 5.16. The smallest absolute Gasteiger partial charge is 0.239 e. The topological polar surface area (TPSA) is 85.1 Å². The fraction of sp³-hybridized carbons (Fsp3) is 0.467. The average molecular weight is 289 g/mol. The number of aromatic nitrogens is 2. The highest BCUT2D eigenvalue weighted by molar-refractivity contribution is 5.89. The number of nitrogen functional groups attached to an aromatic ring is 1. The second kappa shape index (κ2) is 6.69. The van der Waals surface area contributed by atoms with Gasteiger partial charge in [-0.1, -0.05) is 26.0 Å². The Labute approximate surface area is 125 Å². The molecule has 0 radical (unpaired) electrons. The van der Waals surface area contributed by atoms with Crippen LogP contribution in [0, 0.1) is 5.41 Å². The normalized spacial score (nSPS) is 11.6. The number of hydrogen-bond donors (Lipinski definition) is 3. The molecule has 114 valence electrons. The van der Waals surface area contributed by atoms with Crippen LogP contribution < -0.4 is 16.6 Å². The van der Waals surface area contributed by atoms with Crippen molar-refractivity contribution in [2.75, 3.05) is 31.0 Å². The van der Waals surface area contributed by atoms with Crippen molar-refractivity contribution in [3.05, 3.63) is 24.3 Å². The summed E-state index contributed by atoms with van der Waals surface area (Å²) in [5.41, 5.74) is 3.48. The zero-order valence-corrected chi connectivity index (χ0v) is 12.8. The van der Waals surface area contributed by atoms with E-state index in [1.807, 2.05) is 24.3 Å². The number of para-hydroxylation sites is 1. The summed E-state index contributed by atoms with van der Waals surface area (Å²) in [6.07, 6.45) is 0.974. The third-order valence-electron chi connectivity index (χ3n) is 3.45. The Balaban J connectivity index is 2.21. The molecule has 2 rings (SSSR count). The van der Waals surface area contributed by atoms with Gasteiger partial charge in [-0.3, -0.25) is 5.43 Å². The molecule has 0 spiro atoms. The summed E-state index contributed by atoms with van der Waals surface area (Å²) in [6.45, 7) is 5.94. The van der Waals surface area contributed by atoms with Crippen LogP contribution in [0.25, 0.3) is 10.9 Å². The Kier molecular flexibility index (Phi) is 4.93. The lowest BCUT2D eigenvalue weighted by molar-refractivity contribution is 0.157. The molecule has 4 N–H and O–H groups in total. The van der Waals surface area contributed by atoms with Crippen molar-refractivity contribution in [2.45, 2.75) is 20.3 Å². The minimum absolute atomic E-state index is 0.109. The van der Waals surface area contributed by atoms with Gasteiger partial charge in [0, 0.05) is 25.6 Å². The number of nitrogens with two attached hydrogens (primary N) is 1. The van der Waals surface area contributed by atoms with Gasteiger partial charge in [0.15, 0.2) is 0 Å². The van der Waals surface area contributed by atoms with E-state index in [1.165, 1.54) is 0 Å². The molecule has 1 aromatic carbocycles. The lowest BCUT2D eigenvalue weighted by atomic mass is 9.90. The molecule has 6 nitrogen and oxygen atoms in total. The van der Waals surface area contributed by atoms with E-state index >= 15 is 0 Å². The Bertz CT molecular complexity index is 600. The molecular formula is C15H23N5O. The first-order valence-corrected chi connectivity index (χ1v) is 7.02. The van der Waals surface area contributed by atoms with Crippen LogP contribution in [0.4, 0.5) is 11.8 Å². The van der Waals surface area contributed by atoms with E-state index < -0.39 is 0 Å². The van der Waals surface area contributed by atoms with Crippen molar-refractivity contribution < 1.29 is 4.74 Å². The number of ether oxygens (including phenoxy) is 1. The van der Waals surface area contributed by atoms with Gasteiger partial charge in [-0.2, -0.15) is 4.98 Å². The molecule has 6 heteroatoms.